The fourth-order valence-corrected chi connectivity index (χ4v) is 6.37. The van der Waals surface area contributed by atoms with E-state index < -0.39 is 0 Å². The second-order valence-corrected chi connectivity index (χ2v) is 12.6. The van der Waals surface area contributed by atoms with E-state index in [1.165, 1.54) is 50.4 Å². The molecule has 6 aromatic carbocycles. The van der Waals surface area contributed by atoms with E-state index in [1.54, 1.807) is 0 Å². The van der Waals surface area contributed by atoms with E-state index in [2.05, 4.69) is 185 Å². The average Bonchev–Trinajstić information content (AvgIpc) is 3.15. The maximum atomic E-state index is 3.77. The molecule has 0 heterocycles. The Labute approximate surface area is 292 Å². The van der Waals surface area contributed by atoms with Crippen molar-refractivity contribution in [3.05, 3.63) is 197 Å². The zero-order chi connectivity index (χ0) is 33.4. The van der Waals surface area contributed by atoms with Crippen molar-refractivity contribution in [3.8, 4) is 0 Å². The Balaban J connectivity index is 1.08. The van der Waals surface area contributed by atoms with E-state index in [0.717, 1.165) is 58.5 Å². The second-order valence-electron chi connectivity index (χ2n) is 12.6. The molecule has 4 heteroatoms. The third-order valence-corrected chi connectivity index (χ3v) is 8.99. The van der Waals surface area contributed by atoms with Crippen LogP contribution in [0.5, 0.6) is 0 Å². The van der Waals surface area contributed by atoms with Crippen molar-refractivity contribution in [2.24, 2.45) is 0 Å². The van der Waals surface area contributed by atoms with E-state index in [9.17, 15) is 0 Å². The molecule has 0 fully saturated rings. The largest absolute Gasteiger partial charge is 0.384 e. The van der Waals surface area contributed by atoms with Gasteiger partial charge in [0.1, 0.15) is 0 Å². The van der Waals surface area contributed by atoms with Gasteiger partial charge in [-0.1, -0.05) is 146 Å². The normalized spacial score (nSPS) is 11.0. The van der Waals surface area contributed by atoms with Crippen LogP contribution in [0.1, 0.15) is 33.4 Å². The maximum Gasteiger partial charge on any atom is 0.0376 e. The summed E-state index contributed by atoms with van der Waals surface area (Å²) in [4.78, 5) is 2.56. The average molecular weight is 645 g/mol. The van der Waals surface area contributed by atoms with E-state index in [-0.39, 0.29) is 0 Å². The van der Waals surface area contributed by atoms with Crippen molar-refractivity contribution in [2.75, 3.05) is 55.2 Å². The standard InChI is InChI=1S/C45H48N4/c1-4-16-37(17-5-1)34-40-22-10-13-25-43(40)46-28-31-49(32-29-47-44-26-14-11-23-41(44)35-38-18-6-2-7-19-38)33-30-48-45-27-15-12-24-42(45)36-39-20-8-3-9-21-39/h1-27,46-48H,28-36H2. The van der Waals surface area contributed by atoms with Crippen molar-refractivity contribution in [2.45, 2.75) is 19.3 Å². The quantitative estimate of drug-likeness (QED) is 0.0872. The summed E-state index contributed by atoms with van der Waals surface area (Å²) >= 11 is 0. The number of hydrogen-bond acceptors (Lipinski definition) is 4. The first kappa shape index (κ1) is 33.6. The van der Waals surface area contributed by atoms with Crippen molar-refractivity contribution in [3.63, 3.8) is 0 Å². The number of rotatable bonds is 18. The van der Waals surface area contributed by atoms with Gasteiger partial charge in [0.15, 0.2) is 0 Å². The highest BCUT2D eigenvalue weighted by molar-refractivity contribution is 5.54. The van der Waals surface area contributed by atoms with Crippen LogP contribution in [0.2, 0.25) is 0 Å². The molecule has 0 spiro atoms. The molecule has 0 aliphatic heterocycles. The van der Waals surface area contributed by atoms with Gasteiger partial charge in [0.05, 0.1) is 0 Å². The summed E-state index contributed by atoms with van der Waals surface area (Å²) < 4.78 is 0. The van der Waals surface area contributed by atoms with Crippen LogP contribution in [0.3, 0.4) is 0 Å². The van der Waals surface area contributed by atoms with Crippen LogP contribution in [0.15, 0.2) is 164 Å². The lowest BCUT2D eigenvalue weighted by molar-refractivity contribution is 0.306. The van der Waals surface area contributed by atoms with Gasteiger partial charge in [0.25, 0.3) is 0 Å². The van der Waals surface area contributed by atoms with Crippen LogP contribution in [0, 0.1) is 0 Å². The molecular weight excluding hydrogens is 597 g/mol. The molecule has 6 rings (SSSR count). The van der Waals surface area contributed by atoms with Crippen LogP contribution in [-0.4, -0.2) is 44.2 Å². The van der Waals surface area contributed by atoms with Gasteiger partial charge in [-0.2, -0.15) is 0 Å². The van der Waals surface area contributed by atoms with E-state index in [4.69, 9.17) is 0 Å². The van der Waals surface area contributed by atoms with Gasteiger partial charge in [-0.05, 0) is 70.8 Å². The summed E-state index contributed by atoms with van der Waals surface area (Å²) in [6.45, 7) is 5.46. The number of para-hydroxylation sites is 3. The van der Waals surface area contributed by atoms with Crippen molar-refractivity contribution in [1.29, 1.82) is 0 Å². The lowest BCUT2D eigenvalue weighted by atomic mass is 10.0. The minimum atomic E-state index is 0.876. The summed E-state index contributed by atoms with van der Waals surface area (Å²) in [5.74, 6) is 0. The van der Waals surface area contributed by atoms with Crippen molar-refractivity contribution >= 4 is 17.1 Å². The molecule has 248 valence electrons. The van der Waals surface area contributed by atoms with Gasteiger partial charge in [-0.3, -0.25) is 4.90 Å². The van der Waals surface area contributed by atoms with Gasteiger partial charge in [0, 0.05) is 56.3 Å². The Morgan fingerprint density at radius 1 is 0.306 bits per heavy atom. The Hall–Kier alpha value is -5.32. The predicted molar refractivity (Wildman–Crippen MR) is 209 cm³/mol. The number of nitrogens with zero attached hydrogens (tertiary/aromatic N) is 1. The molecule has 0 aliphatic carbocycles. The summed E-state index contributed by atoms with van der Waals surface area (Å²) in [6.07, 6.45) is 2.77. The smallest absolute Gasteiger partial charge is 0.0376 e. The first-order chi connectivity index (χ1) is 24.3. The lowest BCUT2D eigenvalue weighted by Crippen LogP contribution is -2.36. The monoisotopic (exact) mass is 644 g/mol. The molecule has 0 aliphatic rings. The van der Waals surface area contributed by atoms with E-state index in [1.807, 2.05) is 0 Å². The van der Waals surface area contributed by atoms with Crippen molar-refractivity contribution < 1.29 is 0 Å². The molecule has 0 amide bonds. The zero-order valence-corrected chi connectivity index (χ0v) is 28.4. The molecule has 0 unspecified atom stereocenters. The van der Waals surface area contributed by atoms with E-state index >= 15 is 0 Å². The number of nitrogens with one attached hydrogen (secondary N) is 3. The molecule has 0 atom stereocenters. The second kappa shape index (κ2) is 18.3. The lowest BCUT2D eigenvalue weighted by Gasteiger charge is -2.25. The van der Waals surface area contributed by atoms with E-state index in [0.29, 0.717) is 0 Å². The molecule has 3 N–H and O–H groups in total. The topological polar surface area (TPSA) is 39.3 Å². The fourth-order valence-electron chi connectivity index (χ4n) is 6.37. The van der Waals surface area contributed by atoms with Gasteiger partial charge in [0.2, 0.25) is 0 Å². The van der Waals surface area contributed by atoms with Gasteiger partial charge < -0.3 is 16.0 Å². The summed E-state index contributed by atoms with van der Waals surface area (Å²) in [7, 11) is 0. The molecular formula is C45H48N4. The van der Waals surface area contributed by atoms with Crippen LogP contribution in [-0.2, 0) is 19.3 Å². The SMILES string of the molecule is c1ccc(Cc2ccccc2NCCN(CCNc2ccccc2Cc2ccccc2)CCNc2ccccc2Cc2ccccc2)cc1. The highest BCUT2D eigenvalue weighted by Gasteiger charge is 2.10. The Bertz CT molecular complexity index is 1610. The molecule has 4 nitrogen and oxygen atoms in total. The predicted octanol–water partition coefficient (Wildman–Crippen LogP) is 9.40. The molecule has 6 aromatic rings. The fraction of sp³-hybridized carbons (Fsp3) is 0.200. The minimum Gasteiger partial charge on any atom is -0.384 e. The Morgan fingerprint density at radius 3 is 0.878 bits per heavy atom. The summed E-state index contributed by atoms with van der Waals surface area (Å²) in [5.41, 5.74) is 11.6. The maximum absolute atomic E-state index is 3.77. The molecule has 0 aromatic heterocycles. The molecule has 0 bridgehead atoms. The van der Waals surface area contributed by atoms with Crippen LogP contribution in [0.4, 0.5) is 17.1 Å². The van der Waals surface area contributed by atoms with Gasteiger partial charge in [-0.15, -0.1) is 0 Å². The van der Waals surface area contributed by atoms with Gasteiger partial charge >= 0.3 is 0 Å². The van der Waals surface area contributed by atoms with Crippen LogP contribution >= 0.6 is 0 Å². The van der Waals surface area contributed by atoms with Crippen molar-refractivity contribution in [1.82, 2.24) is 4.90 Å². The first-order valence-corrected chi connectivity index (χ1v) is 17.6. The summed E-state index contributed by atoms with van der Waals surface area (Å²) in [5, 5.41) is 11.3. The Kier molecular flexibility index (Phi) is 12.5. The van der Waals surface area contributed by atoms with Gasteiger partial charge in [-0.25, -0.2) is 0 Å². The van der Waals surface area contributed by atoms with Crippen LogP contribution in [0.25, 0.3) is 0 Å². The number of benzene rings is 6. The van der Waals surface area contributed by atoms with Crippen LogP contribution < -0.4 is 16.0 Å². The molecule has 0 radical (unpaired) electrons. The summed E-state index contributed by atoms with van der Waals surface area (Å²) in [6, 6.07) is 58.3. The third kappa shape index (κ3) is 10.6. The molecule has 0 saturated carbocycles. The number of hydrogen-bond donors (Lipinski definition) is 3. The minimum absolute atomic E-state index is 0.876. The first-order valence-electron chi connectivity index (χ1n) is 17.6. The zero-order valence-electron chi connectivity index (χ0n) is 28.4. The molecule has 0 saturated heterocycles. The third-order valence-electron chi connectivity index (χ3n) is 8.99. The highest BCUT2D eigenvalue weighted by Crippen LogP contribution is 2.21. The Morgan fingerprint density at radius 2 is 0.571 bits per heavy atom. The highest BCUT2D eigenvalue weighted by atomic mass is 15.2. The number of anilines is 3. The molecule has 49 heavy (non-hydrogen) atoms.